The molecule has 0 aliphatic heterocycles. The maximum Gasteiger partial charge on any atom is 0.305 e. The predicted octanol–water partition coefficient (Wildman–Crippen LogP) is 15.6. The highest BCUT2D eigenvalue weighted by Gasteiger charge is 2.24. The highest BCUT2D eigenvalue weighted by atomic mass is 16.5. The second-order valence-electron chi connectivity index (χ2n) is 18.1. The highest BCUT2D eigenvalue weighted by molar-refractivity contribution is 6.02. The van der Waals surface area contributed by atoms with E-state index in [4.69, 9.17) is 9.84 Å². The Bertz CT molecular complexity index is 889. The number of aliphatic hydroxyl groups excluding tert-OH is 2. The minimum atomic E-state index is -0.988. The van der Waals surface area contributed by atoms with Gasteiger partial charge in [0, 0.05) is 19.3 Å². The monoisotopic (exact) mass is 833 g/mol. The lowest BCUT2D eigenvalue weighted by molar-refractivity contribution is -0.147. The number of hydrogen-bond acceptors (Lipinski definition) is 6. The molecular formula is C53H100O6. The van der Waals surface area contributed by atoms with E-state index in [1.54, 1.807) is 0 Å². The summed E-state index contributed by atoms with van der Waals surface area (Å²) in [4.78, 5) is 38.5. The van der Waals surface area contributed by atoms with Gasteiger partial charge in [0.2, 0.25) is 0 Å². The SMILES string of the molecule is CCCCCCCCCCCCCCCC(=O)C(CCCCCCCC=CCCCCCCCC(=O)OCC(O)CO)C(=O)CCCCCCCCCCCCCCC. The summed E-state index contributed by atoms with van der Waals surface area (Å²) in [5, 5.41) is 18.0. The Hall–Kier alpha value is -1.53. The summed E-state index contributed by atoms with van der Waals surface area (Å²) in [6, 6.07) is 0. The topological polar surface area (TPSA) is 101 Å². The summed E-state index contributed by atoms with van der Waals surface area (Å²) in [6.45, 7) is 4.03. The first-order valence-corrected chi connectivity index (χ1v) is 26.1. The maximum atomic E-state index is 13.4. The van der Waals surface area contributed by atoms with Gasteiger partial charge in [0.1, 0.15) is 24.3 Å². The third kappa shape index (κ3) is 42.9. The zero-order chi connectivity index (χ0) is 43.1. The number of ether oxygens (including phenoxy) is 1. The van der Waals surface area contributed by atoms with E-state index >= 15 is 0 Å². The van der Waals surface area contributed by atoms with Gasteiger partial charge >= 0.3 is 5.97 Å². The molecule has 0 aromatic heterocycles. The van der Waals surface area contributed by atoms with Crippen molar-refractivity contribution < 1.29 is 29.3 Å². The van der Waals surface area contributed by atoms with Gasteiger partial charge in [-0.2, -0.15) is 0 Å². The van der Waals surface area contributed by atoms with Crippen LogP contribution in [0, 0.1) is 5.92 Å². The van der Waals surface area contributed by atoms with Crippen LogP contribution in [-0.2, 0) is 19.1 Å². The molecule has 1 unspecified atom stereocenters. The fraction of sp³-hybridized carbons (Fsp3) is 0.906. The summed E-state index contributed by atoms with van der Waals surface area (Å²) in [7, 11) is 0. The molecule has 2 N–H and O–H groups in total. The lowest BCUT2D eigenvalue weighted by Crippen LogP contribution is -2.24. The maximum absolute atomic E-state index is 13.4. The Morgan fingerprint density at radius 2 is 0.729 bits per heavy atom. The van der Waals surface area contributed by atoms with E-state index in [-0.39, 0.29) is 30.1 Å². The van der Waals surface area contributed by atoms with Gasteiger partial charge in [-0.25, -0.2) is 0 Å². The minimum absolute atomic E-state index is 0.133. The molecule has 0 aromatic carbocycles. The fourth-order valence-electron chi connectivity index (χ4n) is 8.24. The van der Waals surface area contributed by atoms with Crippen molar-refractivity contribution in [2.24, 2.45) is 5.92 Å². The van der Waals surface area contributed by atoms with Crippen molar-refractivity contribution in [3.05, 3.63) is 12.2 Å². The molecule has 0 radical (unpaired) electrons. The molecule has 6 heteroatoms. The van der Waals surface area contributed by atoms with Crippen molar-refractivity contribution >= 4 is 17.5 Å². The van der Waals surface area contributed by atoms with Gasteiger partial charge in [-0.3, -0.25) is 14.4 Å². The van der Waals surface area contributed by atoms with Crippen LogP contribution in [0.4, 0.5) is 0 Å². The number of carbonyl (C=O) groups is 3. The first kappa shape index (κ1) is 57.5. The quantitative estimate of drug-likeness (QED) is 0.0274. The van der Waals surface area contributed by atoms with Crippen LogP contribution in [0.1, 0.15) is 284 Å². The second-order valence-corrected chi connectivity index (χ2v) is 18.1. The number of Topliss-reactive ketones (excluding diaryl/α,β-unsaturated/α-hetero) is 2. The van der Waals surface area contributed by atoms with E-state index in [2.05, 4.69) is 26.0 Å². The van der Waals surface area contributed by atoms with Crippen molar-refractivity contribution in [1.82, 2.24) is 0 Å². The molecule has 0 saturated carbocycles. The van der Waals surface area contributed by atoms with Crippen LogP contribution in [0.2, 0.25) is 0 Å². The minimum Gasteiger partial charge on any atom is -0.463 e. The van der Waals surface area contributed by atoms with Crippen LogP contribution in [0.5, 0.6) is 0 Å². The third-order valence-electron chi connectivity index (χ3n) is 12.3. The molecule has 0 spiro atoms. The summed E-state index contributed by atoms with van der Waals surface area (Å²) in [5.41, 5.74) is 0. The predicted molar refractivity (Wildman–Crippen MR) is 252 cm³/mol. The second kappa shape index (κ2) is 47.5. The first-order chi connectivity index (χ1) is 29.0. The van der Waals surface area contributed by atoms with E-state index in [0.29, 0.717) is 19.3 Å². The van der Waals surface area contributed by atoms with Crippen LogP contribution in [0.25, 0.3) is 0 Å². The Morgan fingerprint density at radius 1 is 0.424 bits per heavy atom. The number of carbonyl (C=O) groups excluding carboxylic acids is 3. The molecule has 0 bridgehead atoms. The van der Waals surface area contributed by atoms with Crippen LogP contribution in [0.3, 0.4) is 0 Å². The van der Waals surface area contributed by atoms with Gasteiger partial charge in [-0.15, -0.1) is 0 Å². The molecule has 0 heterocycles. The number of esters is 1. The van der Waals surface area contributed by atoms with Crippen LogP contribution in [-0.4, -0.2) is 47.1 Å². The average molecular weight is 833 g/mol. The lowest BCUT2D eigenvalue weighted by Gasteiger charge is -2.15. The van der Waals surface area contributed by atoms with Gasteiger partial charge < -0.3 is 14.9 Å². The third-order valence-corrected chi connectivity index (χ3v) is 12.3. The molecule has 1 atom stereocenters. The molecule has 59 heavy (non-hydrogen) atoms. The van der Waals surface area contributed by atoms with Crippen molar-refractivity contribution in [2.45, 2.75) is 290 Å². The molecule has 0 rings (SSSR count). The lowest BCUT2D eigenvalue weighted by atomic mass is 9.87. The van der Waals surface area contributed by atoms with Crippen LogP contribution < -0.4 is 0 Å². The zero-order valence-corrected chi connectivity index (χ0v) is 39.4. The zero-order valence-electron chi connectivity index (χ0n) is 39.4. The molecule has 0 saturated heterocycles. The average Bonchev–Trinajstić information content (AvgIpc) is 3.24. The van der Waals surface area contributed by atoms with Gasteiger partial charge in [0.05, 0.1) is 12.5 Å². The Balaban J connectivity index is 4.25. The van der Waals surface area contributed by atoms with Crippen LogP contribution >= 0.6 is 0 Å². The molecule has 0 aliphatic carbocycles. The van der Waals surface area contributed by atoms with Crippen molar-refractivity contribution in [1.29, 1.82) is 0 Å². The number of hydrogen-bond donors (Lipinski definition) is 2. The van der Waals surface area contributed by atoms with Gasteiger partial charge in [-0.05, 0) is 51.4 Å². The molecule has 0 aromatic rings. The van der Waals surface area contributed by atoms with E-state index in [1.807, 2.05) is 0 Å². The molecule has 348 valence electrons. The first-order valence-electron chi connectivity index (χ1n) is 26.1. The smallest absolute Gasteiger partial charge is 0.305 e. The standard InChI is InChI=1S/C53H100O6/c1-3-5-7-9-11-13-15-19-24-28-32-36-40-44-51(56)50(52(57)45-41-37-33-29-25-20-16-14-12-10-8-6-4-2)43-39-35-31-27-23-21-17-18-22-26-30-34-38-42-46-53(58)59-48-49(55)47-54/h17-18,49-50,54-55H,3-16,19-48H2,1-2H3. The van der Waals surface area contributed by atoms with E-state index < -0.39 is 12.7 Å². The number of rotatable bonds is 49. The Morgan fingerprint density at radius 3 is 1.08 bits per heavy atom. The molecule has 0 fully saturated rings. The molecule has 0 aliphatic rings. The van der Waals surface area contributed by atoms with Gasteiger partial charge in [0.15, 0.2) is 0 Å². The van der Waals surface area contributed by atoms with Crippen molar-refractivity contribution in [3.63, 3.8) is 0 Å². The van der Waals surface area contributed by atoms with Crippen molar-refractivity contribution in [2.75, 3.05) is 13.2 Å². The molecular weight excluding hydrogens is 733 g/mol. The normalized spacial score (nSPS) is 12.2. The summed E-state index contributed by atoms with van der Waals surface area (Å²) in [6.07, 6.45) is 52.9. The summed E-state index contributed by atoms with van der Waals surface area (Å²) in [5.74, 6) is -0.203. The molecule has 6 nitrogen and oxygen atoms in total. The largest absolute Gasteiger partial charge is 0.463 e. The van der Waals surface area contributed by atoms with E-state index in [9.17, 15) is 19.5 Å². The van der Waals surface area contributed by atoms with Gasteiger partial charge in [0.25, 0.3) is 0 Å². The fourth-order valence-corrected chi connectivity index (χ4v) is 8.24. The van der Waals surface area contributed by atoms with Gasteiger partial charge in [-0.1, -0.05) is 225 Å². The van der Waals surface area contributed by atoms with E-state index in [0.717, 1.165) is 83.5 Å². The number of aliphatic hydroxyl groups is 2. The number of ketones is 2. The Kier molecular flexibility index (Phi) is 46.3. The number of unbranched alkanes of at least 4 members (excludes halogenated alkanes) is 34. The van der Waals surface area contributed by atoms with E-state index in [1.165, 1.54) is 167 Å². The summed E-state index contributed by atoms with van der Waals surface area (Å²) < 4.78 is 4.93. The molecule has 0 amide bonds. The number of allylic oxidation sites excluding steroid dienone is 2. The van der Waals surface area contributed by atoms with Crippen molar-refractivity contribution in [3.8, 4) is 0 Å². The highest BCUT2D eigenvalue weighted by Crippen LogP contribution is 2.22. The van der Waals surface area contributed by atoms with Crippen LogP contribution in [0.15, 0.2) is 12.2 Å². The Labute approximate surface area is 366 Å². The summed E-state index contributed by atoms with van der Waals surface area (Å²) >= 11 is 0.